The summed E-state index contributed by atoms with van der Waals surface area (Å²) >= 11 is 0. The SMILES string of the molecule is CNc1cc(N2CCC(N3CCCC3)C2)nc(C2CC2)n1. The molecule has 0 aromatic carbocycles. The fourth-order valence-corrected chi connectivity index (χ4v) is 3.62. The summed E-state index contributed by atoms with van der Waals surface area (Å²) in [6, 6.07) is 2.84. The Kier molecular flexibility index (Phi) is 3.45. The summed E-state index contributed by atoms with van der Waals surface area (Å²) in [5.74, 6) is 3.74. The van der Waals surface area contributed by atoms with Crippen LogP contribution >= 0.6 is 0 Å². The van der Waals surface area contributed by atoms with Gasteiger partial charge in [-0.05, 0) is 45.2 Å². The highest BCUT2D eigenvalue weighted by molar-refractivity contribution is 5.50. The molecule has 3 heterocycles. The van der Waals surface area contributed by atoms with Gasteiger partial charge in [0, 0.05) is 38.2 Å². The molecule has 114 valence electrons. The van der Waals surface area contributed by atoms with Crippen LogP contribution in [0.4, 0.5) is 11.6 Å². The Hall–Kier alpha value is -1.36. The van der Waals surface area contributed by atoms with E-state index in [9.17, 15) is 0 Å². The molecule has 1 unspecified atom stereocenters. The second-order valence-corrected chi connectivity index (χ2v) is 6.63. The van der Waals surface area contributed by atoms with Crippen molar-refractivity contribution in [1.82, 2.24) is 14.9 Å². The van der Waals surface area contributed by atoms with Gasteiger partial charge in [0.05, 0.1) is 0 Å². The lowest BCUT2D eigenvalue weighted by Gasteiger charge is -2.24. The lowest BCUT2D eigenvalue weighted by molar-refractivity contribution is 0.260. The third-order valence-electron chi connectivity index (χ3n) is 5.07. The maximum Gasteiger partial charge on any atom is 0.136 e. The molecule has 1 atom stereocenters. The van der Waals surface area contributed by atoms with Crippen LogP contribution in [0.3, 0.4) is 0 Å². The van der Waals surface area contributed by atoms with Gasteiger partial charge >= 0.3 is 0 Å². The largest absolute Gasteiger partial charge is 0.373 e. The minimum atomic E-state index is 0.606. The van der Waals surface area contributed by atoms with Crippen LogP contribution in [-0.2, 0) is 0 Å². The summed E-state index contributed by atoms with van der Waals surface area (Å²) in [6.07, 6.45) is 6.53. The molecule has 0 bridgehead atoms. The number of hydrogen-bond donors (Lipinski definition) is 1. The van der Waals surface area contributed by atoms with E-state index in [2.05, 4.69) is 26.2 Å². The van der Waals surface area contributed by atoms with Crippen molar-refractivity contribution in [3.8, 4) is 0 Å². The van der Waals surface area contributed by atoms with Crippen molar-refractivity contribution in [1.29, 1.82) is 0 Å². The standard InChI is InChI=1S/C16H25N5/c1-17-14-10-15(19-16(18-14)12-4-5-12)21-9-6-13(11-21)20-7-2-3-8-20/h10,12-13H,2-9,11H2,1H3,(H,17,18,19). The van der Waals surface area contributed by atoms with E-state index in [1.807, 2.05) is 7.05 Å². The Labute approximate surface area is 126 Å². The monoisotopic (exact) mass is 287 g/mol. The zero-order valence-corrected chi connectivity index (χ0v) is 12.9. The summed E-state index contributed by atoms with van der Waals surface area (Å²) in [5.41, 5.74) is 0. The third kappa shape index (κ3) is 2.71. The number of aromatic nitrogens is 2. The van der Waals surface area contributed by atoms with Crippen molar-refractivity contribution in [2.24, 2.45) is 0 Å². The van der Waals surface area contributed by atoms with Crippen molar-refractivity contribution in [3.05, 3.63) is 11.9 Å². The molecular weight excluding hydrogens is 262 g/mol. The van der Waals surface area contributed by atoms with Gasteiger partial charge in [0.25, 0.3) is 0 Å². The van der Waals surface area contributed by atoms with Crippen molar-refractivity contribution in [3.63, 3.8) is 0 Å². The van der Waals surface area contributed by atoms with Crippen LogP contribution < -0.4 is 10.2 Å². The highest BCUT2D eigenvalue weighted by Gasteiger charge is 2.32. The number of rotatable bonds is 4. The smallest absolute Gasteiger partial charge is 0.136 e. The van der Waals surface area contributed by atoms with Crippen LogP contribution in [0.2, 0.25) is 0 Å². The molecule has 5 nitrogen and oxygen atoms in total. The number of likely N-dealkylation sites (tertiary alicyclic amines) is 1. The van der Waals surface area contributed by atoms with E-state index in [-0.39, 0.29) is 0 Å². The van der Waals surface area contributed by atoms with Crippen molar-refractivity contribution in [2.75, 3.05) is 43.4 Å². The number of hydrogen-bond acceptors (Lipinski definition) is 5. The maximum atomic E-state index is 4.84. The van der Waals surface area contributed by atoms with Crippen LogP contribution in [-0.4, -0.2) is 54.1 Å². The highest BCUT2D eigenvalue weighted by atomic mass is 15.3. The zero-order chi connectivity index (χ0) is 14.2. The van der Waals surface area contributed by atoms with Crippen LogP contribution in [0.25, 0.3) is 0 Å². The Bertz CT molecular complexity index is 507. The summed E-state index contributed by atoms with van der Waals surface area (Å²) in [6.45, 7) is 4.84. The molecule has 0 amide bonds. The summed E-state index contributed by atoms with van der Waals surface area (Å²) in [5, 5.41) is 3.19. The minimum absolute atomic E-state index is 0.606. The molecule has 2 saturated heterocycles. The fraction of sp³-hybridized carbons (Fsp3) is 0.750. The zero-order valence-electron chi connectivity index (χ0n) is 12.9. The molecule has 5 heteroatoms. The van der Waals surface area contributed by atoms with Crippen LogP contribution in [0.15, 0.2) is 6.07 Å². The van der Waals surface area contributed by atoms with E-state index in [1.165, 1.54) is 45.2 Å². The molecule has 1 aliphatic carbocycles. The summed E-state index contributed by atoms with van der Waals surface area (Å²) in [4.78, 5) is 14.6. The van der Waals surface area contributed by atoms with Gasteiger partial charge in [-0.25, -0.2) is 9.97 Å². The fourth-order valence-electron chi connectivity index (χ4n) is 3.62. The molecule has 4 rings (SSSR count). The molecule has 1 aromatic rings. The predicted molar refractivity (Wildman–Crippen MR) is 85.0 cm³/mol. The first kappa shape index (κ1) is 13.3. The number of nitrogens with zero attached hydrogens (tertiary/aromatic N) is 4. The lowest BCUT2D eigenvalue weighted by Crippen LogP contribution is -2.35. The topological polar surface area (TPSA) is 44.3 Å². The Morgan fingerprint density at radius 3 is 2.62 bits per heavy atom. The first-order valence-electron chi connectivity index (χ1n) is 8.39. The first-order valence-corrected chi connectivity index (χ1v) is 8.39. The van der Waals surface area contributed by atoms with Crippen LogP contribution in [0.5, 0.6) is 0 Å². The third-order valence-corrected chi connectivity index (χ3v) is 5.07. The number of nitrogens with one attached hydrogen (secondary N) is 1. The maximum absolute atomic E-state index is 4.84. The van der Waals surface area contributed by atoms with Gasteiger partial charge in [-0.3, -0.25) is 4.90 Å². The van der Waals surface area contributed by atoms with Gasteiger partial charge < -0.3 is 10.2 Å². The van der Waals surface area contributed by atoms with Gasteiger partial charge in [-0.2, -0.15) is 0 Å². The quantitative estimate of drug-likeness (QED) is 0.918. The second kappa shape index (κ2) is 5.44. The first-order chi connectivity index (χ1) is 10.3. The van der Waals surface area contributed by atoms with Crippen LogP contribution in [0, 0.1) is 0 Å². The van der Waals surface area contributed by atoms with E-state index in [0.29, 0.717) is 5.92 Å². The Morgan fingerprint density at radius 2 is 1.90 bits per heavy atom. The number of anilines is 2. The van der Waals surface area contributed by atoms with Gasteiger partial charge in [0.2, 0.25) is 0 Å². The van der Waals surface area contributed by atoms with Gasteiger partial charge in [-0.15, -0.1) is 0 Å². The van der Waals surface area contributed by atoms with Crippen molar-refractivity contribution >= 4 is 11.6 Å². The molecule has 2 aliphatic heterocycles. The van der Waals surface area contributed by atoms with E-state index in [1.54, 1.807) is 0 Å². The minimum Gasteiger partial charge on any atom is -0.373 e. The Morgan fingerprint density at radius 1 is 1.10 bits per heavy atom. The molecule has 0 radical (unpaired) electrons. The molecule has 1 saturated carbocycles. The molecule has 21 heavy (non-hydrogen) atoms. The van der Waals surface area contributed by atoms with Crippen molar-refractivity contribution in [2.45, 2.75) is 44.1 Å². The van der Waals surface area contributed by atoms with E-state index in [4.69, 9.17) is 4.98 Å². The van der Waals surface area contributed by atoms with Crippen LogP contribution in [0.1, 0.15) is 43.8 Å². The average molecular weight is 287 g/mol. The Balaban J connectivity index is 1.51. The molecule has 0 spiro atoms. The molecule has 3 fully saturated rings. The molecule has 1 aromatic heterocycles. The van der Waals surface area contributed by atoms with Gasteiger partial charge in [0.15, 0.2) is 0 Å². The molecule has 3 aliphatic rings. The van der Waals surface area contributed by atoms with E-state index in [0.717, 1.165) is 36.6 Å². The van der Waals surface area contributed by atoms with E-state index < -0.39 is 0 Å². The predicted octanol–water partition coefficient (Wildman–Crippen LogP) is 2.07. The average Bonchev–Trinajstić information content (AvgIpc) is 3.03. The summed E-state index contributed by atoms with van der Waals surface area (Å²) in [7, 11) is 1.94. The van der Waals surface area contributed by atoms with Crippen molar-refractivity contribution < 1.29 is 0 Å². The van der Waals surface area contributed by atoms with E-state index >= 15 is 0 Å². The highest BCUT2D eigenvalue weighted by Crippen LogP contribution is 2.39. The van der Waals surface area contributed by atoms with Gasteiger partial charge in [0.1, 0.15) is 17.5 Å². The molecular formula is C16H25N5. The summed E-state index contributed by atoms with van der Waals surface area (Å²) < 4.78 is 0. The second-order valence-electron chi connectivity index (χ2n) is 6.63. The normalized spacial score (nSPS) is 26.5. The molecule has 1 N–H and O–H groups in total. The lowest BCUT2D eigenvalue weighted by atomic mass is 10.2. The van der Waals surface area contributed by atoms with Gasteiger partial charge in [-0.1, -0.05) is 0 Å².